The molecule has 130 valence electrons. The molecule has 2 N–H and O–H groups in total. The zero-order valence-electron chi connectivity index (χ0n) is 13.7. The van der Waals surface area contributed by atoms with Crippen molar-refractivity contribution in [2.24, 2.45) is 0 Å². The number of hydrogen-bond acceptors (Lipinski definition) is 7. The third-order valence-electron chi connectivity index (χ3n) is 3.70. The smallest absolute Gasteiger partial charge is 0.341 e. The maximum absolute atomic E-state index is 12.0. The average Bonchev–Trinajstić information content (AvgIpc) is 3.18. The van der Waals surface area contributed by atoms with E-state index in [2.05, 4.69) is 25.3 Å². The summed E-state index contributed by atoms with van der Waals surface area (Å²) < 4.78 is 9.94. The standard InChI is InChI=1S/C17H18N4O4/c1-24-16(23)11-9-18-17(19-10-11)21-13-6-4-12(5-7-13)20-15(22)14-3-2-8-25-14/h4-7,9-10,14H,2-3,8H2,1H3,(H,20,22)(H,18,19,21). The van der Waals surface area contributed by atoms with Gasteiger partial charge in [0.05, 0.1) is 12.7 Å². The molecule has 1 aromatic heterocycles. The van der Waals surface area contributed by atoms with Crippen LogP contribution in [0.5, 0.6) is 0 Å². The van der Waals surface area contributed by atoms with Crippen LogP contribution in [0.2, 0.25) is 0 Å². The SMILES string of the molecule is COC(=O)c1cnc(Nc2ccc(NC(=O)C3CCCO3)cc2)nc1. The third-order valence-corrected chi connectivity index (χ3v) is 3.70. The van der Waals surface area contributed by atoms with E-state index in [1.165, 1.54) is 19.5 Å². The molecule has 1 aliphatic rings. The van der Waals surface area contributed by atoms with Gasteiger partial charge in [-0.3, -0.25) is 4.79 Å². The van der Waals surface area contributed by atoms with Crippen molar-refractivity contribution in [1.82, 2.24) is 9.97 Å². The van der Waals surface area contributed by atoms with Crippen LogP contribution in [0.15, 0.2) is 36.7 Å². The van der Waals surface area contributed by atoms with E-state index >= 15 is 0 Å². The van der Waals surface area contributed by atoms with Crippen LogP contribution in [-0.4, -0.2) is 41.7 Å². The van der Waals surface area contributed by atoms with Crippen LogP contribution >= 0.6 is 0 Å². The van der Waals surface area contributed by atoms with E-state index in [0.29, 0.717) is 18.2 Å². The lowest BCUT2D eigenvalue weighted by Gasteiger charge is -2.11. The average molecular weight is 342 g/mol. The van der Waals surface area contributed by atoms with Gasteiger partial charge in [0.15, 0.2) is 0 Å². The van der Waals surface area contributed by atoms with E-state index in [-0.39, 0.29) is 17.6 Å². The highest BCUT2D eigenvalue weighted by Gasteiger charge is 2.23. The molecule has 0 radical (unpaired) electrons. The number of benzene rings is 1. The first kappa shape index (κ1) is 16.8. The molecule has 1 fully saturated rings. The molecule has 0 bridgehead atoms. The number of rotatable bonds is 5. The molecular formula is C17H18N4O4. The van der Waals surface area contributed by atoms with Gasteiger partial charge in [-0.15, -0.1) is 0 Å². The van der Waals surface area contributed by atoms with Crippen molar-refractivity contribution in [2.45, 2.75) is 18.9 Å². The highest BCUT2D eigenvalue weighted by molar-refractivity contribution is 5.94. The zero-order valence-corrected chi connectivity index (χ0v) is 13.7. The fraction of sp³-hybridized carbons (Fsp3) is 0.294. The van der Waals surface area contributed by atoms with Gasteiger partial charge in [0.1, 0.15) is 6.10 Å². The summed E-state index contributed by atoms with van der Waals surface area (Å²) in [6.45, 7) is 0.635. The Kier molecular flexibility index (Phi) is 5.20. The highest BCUT2D eigenvalue weighted by Crippen LogP contribution is 2.19. The summed E-state index contributed by atoms with van der Waals surface area (Å²) in [6.07, 6.45) is 4.08. The number of methoxy groups -OCH3 is 1. The lowest BCUT2D eigenvalue weighted by Crippen LogP contribution is -2.26. The highest BCUT2D eigenvalue weighted by atomic mass is 16.5. The van der Waals surface area contributed by atoms with E-state index < -0.39 is 5.97 Å². The Morgan fingerprint density at radius 1 is 1.16 bits per heavy atom. The zero-order chi connectivity index (χ0) is 17.6. The molecule has 0 saturated carbocycles. The van der Waals surface area contributed by atoms with Crippen molar-refractivity contribution >= 4 is 29.2 Å². The Hall–Kier alpha value is -3.00. The first-order valence-electron chi connectivity index (χ1n) is 7.85. The van der Waals surface area contributed by atoms with E-state index in [1.807, 2.05) is 0 Å². The molecule has 8 heteroatoms. The molecule has 0 aliphatic carbocycles. The van der Waals surface area contributed by atoms with Crippen LogP contribution in [-0.2, 0) is 14.3 Å². The minimum absolute atomic E-state index is 0.125. The third kappa shape index (κ3) is 4.30. The summed E-state index contributed by atoms with van der Waals surface area (Å²) in [5.74, 6) is -0.262. The van der Waals surface area contributed by atoms with Crippen LogP contribution in [0, 0.1) is 0 Å². The van der Waals surface area contributed by atoms with Gasteiger partial charge in [-0.2, -0.15) is 0 Å². The lowest BCUT2D eigenvalue weighted by atomic mass is 10.2. The predicted molar refractivity (Wildman–Crippen MR) is 90.7 cm³/mol. The summed E-state index contributed by atoms with van der Waals surface area (Å²) in [5.41, 5.74) is 1.72. The normalized spacial score (nSPS) is 16.3. The molecule has 1 amide bonds. The summed E-state index contributed by atoms with van der Waals surface area (Å²) in [4.78, 5) is 31.4. The Morgan fingerprint density at radius 3 is 2.44 bits per heavy atom. The molecule has 25 heavy (non-hydrogen) atoms. The van der Waals surface area contributed by atoms with Crippen molar-refractivity contribution < 1.29 is 19.1 Å². The molecule has 0 spiro atoms. The number of carbonyl (C=O) groups is 2. The van der Waals surface area contributed by atoms with Crippen molar-refractivity contribution in [3.8, 4) is 0 Å². The number of ether oxygens (including phenoxy) is 2. The number of carbonyl (C=O) groups excluding carboxylic acids is 2. The second-order valence-electron chi connectivity index (χ2n) is 5.48. The fourth-order valence-corrected chi connectivity index (χ4v) is 2.39. The van der Waals surface area contributed by atoms with Gasteiger partial charge >= 0.3 is 5.97 Å². The molecule has 1 saturated heterocycles. The van der Waals surface area contributed by atoms with E-state index in [1.54, 1.807) is 24.3 Å². The quantitative estimate of drug-likeness (QED) is 0.802. The van der Waals surface area contributed by atoms with E-state index in [0.717, 1.165) is 18.5 Å². The summed E-state index contributed by atoms with van der Waals surface area (Å²) in [7, 11) is 1.30. The molecule has 3 rings (SSSR count). The summed E-state index contributed by atoms with van der Waals surface area (Å²) in [5, 5.41) is 5.84. The predicted octanol–water partition coefficient (Wildman–Crippen LogP) is 2.12. The van der Waals surface area contributed by atoms with Crippen molar-refractivity contribution in [2.75, 3.05) is 24.4 Å². The molecular weight excluding hydrogens is 324 g/mol. The molecule has 1 unspecified atom stereocenters. The van der Waals surface area contributed by atoms with Crippen molar-refractivity contribution in [1.29, 1.82) is 0 Å². The number of hydrogen-bond donors (Lipinski definition) is 2. The molecule has 8 nitrogen and oxygen atoms in total. The van der Waals surface area contributed by atoms with Crippen molar-refractivity contribution in [3.05, 3.63) is 42.2 Å². The fourth-order valence-electron chi connectivity index (χ4n) is 2.39. The molecule has 1 atom stereocenters. The maximum Gasteiger partial charge on any atom is 0.341 e. The van der Waals surface area contributed by atoms with Gasteiger partial charge in [0.25, 0.3) is 5.91 Å². The van der Waals surface area contributed by atoms with Crippen LogP contribution in [0.3, 0.4) is 0 Å². The van der Waals surface area contributed by atoms with Crippen LogP contribution in [0.25, 0.3) is 0 Å². The van der Waals surface area contributed by atoms with E-state index in [4.69, 9.17) is 4.74 Å². The minimum atomic E-state index is -0.488. The van der Waals surface area contributed by atoms with E-state index in [9.17, 15) is 9.59 Å². The van der Waals surface area contributed by atoms with Crippen LogP contribution < -0.4 is 10.6 Å². The number of nitrogens with zero attached hydrogens (tertiary/aromatic N) is 2. The summed E-state index contributed by atoms with van der Waals surface area (Å²) in [6, 6.07) is 7.14. The van der Waals surface area contributed by atoms with Gasteiger partial charge < -0.3 is 20.1 Å². The van der Waals surface area contributed by atoms with Gasteiger partial charge in [-0.1, -0.05) is 0 Å². The first-order chi connectivity index (χ1) is 12.2. The summed E-state index contributed by atoms with van der Waals surface area (Å²) >= 11 is 0. The van der Waals surface area contributed by atoms with Gasteiger partial charge in [-0.05, 0) is 37.1 Å². The number of amides is 1. The van der Waals surface area contributed by atoms with Gasteiger partial charge in [0, 0.05) is 30.4 Å². The van der Waals surface area contributed by atoms with Crippen molar-refractivity contribution in [3.63, 3.8) is 0 Å². The Bertz CT molecular complexity index is 740. The number of anilines is 3. The van der Waals surface area contributed by atoms with Crippen LogP contribution in [0.1, 0.15) is 23.2 Å². The second kappa shape index (κ2) is 7.71. The lowest BCUT2D eigenvalue weighted by molar-refractivity contribution is -0.124. The molecule has 2 heterocycles. The number of aromatic nitrogens is 2. The largest absolute Gasteiger partial charge is 0.465 e. The first-order valence-corrected chi connectivity index (χ1v) is 7.85. The minimum Gasteiger partial charge on any atom is -0.465 e. The Morgan fingerprint density at radius 2 is 1.84 bits per heavy atom. The Labute approximate surface area is 144 Å². The Balaban J connectivity index is 1.58. The molecule has 1 aliphatic heterocycles. The second-order valence-corrected chi connectivity index (χ2v) is 5.48. The molecule has 1 aromatic carbocycles. The monoisotopic (exact) mass is 342 g/mol. The van der Waals surface area contributed by atoms with Crippen LogP contribution in [0.4, 0.5) is 17.3 Å². The topological polar surface area (TPSA) is 102 Å². The van der Waals surface area contributed by atoms with Gasteiger partial charge in [-0.25, -0.2) is 14.8 Å². The number of esters is 1. The number of nitrogens with one attached hydrogen (secondary N) is 2. The molecule has 2 aromatic rings. The van der Waals surface area contributed by atoms with Gasteiger partial charge in [0.2, 0.25) is 5.95 Å². The maximum atomic E-state index is 12.0.